The number of hydrogen-bond acceptors (Lipinski definition) is 5. The van der Waals surface area contributed by atoms with Crippen molar-refractivity contribution in [3.8, 4) is 0 Å². The lowest BCUT2D eigenvalue weighted by atomic mass is 10.1. The normalized spacial score (nSPS) is 16.5. The van der Waals surface area contributed by atoms with Gasteiger partial charge in [-0.05, 0) is 48.6 Å². The molecule has 1 N–H and O–H groups in total. The molecule has 1 aliphatic heterocycles. The molecule has 6 nitrogen and oxygen atoms in total. The van der Waals surface area contributed by atoms with Crippen molar-refractivity contribution in [2.45, 2.75) is 18.9 Å². The van der Waals surface area contributed by atoms with Crippen molar-refractivity contribution in [3.63, 3.8) is 0 Å². The first-order chi connectivity index (χ1) is 12.1. The highest BCUT2D eigenvalue weighted by molar-refractivity contribution is 7.12. The predicted molar refractivity (Wildman–Crippen MR) is 94.8 cm³/mol. The fourth-order valence-electron chi connectivity index (χ4n) is 2.86. The van der Waals surface area contributed by atoms with Crippen molar-refractivity contribution in [1.29, 1.82) is 0 Å². The van der Waals surface area contributed by atoms with Gasteiger partial charge in [0.05, 0.1) is 17.6 Å². The smallest absolute Gasteiger partial charge is 0.337 e. The van der Waals surface area contributed by atoms with Gasteiger partial charge in [-0.1, -0.05) is 6.07 Å². The van der Waals surface area contributed by atoms with Crippen LogP contribution in [0.2, 0.25) is 0 Å². The van der Waals surface area contributed by atoms with Crippen LogP contribution in [0, 0.1) is 0 Å². The molecule has 1 fully saturated rings. The summed E-state index contributed by atoms with van der Waals surface area (Å²) >= 11 is 1.38. The summed E-state index contributed by atoms with van der Waals surface area (Å²) in [7, 11) is 1.32. The molecule has 3 rings (SSSR count). The van der Waals surface area contributed by atoms with Crippen molar-refractivity contribution in [3.05, 3.63) is 52.2 Å². The third-order valence-electron chi connectivity index (χ3n) is 4.12. The fraction of sp³-hybridized carbons (Fsp3) is 0.278. The number of esters is 1. The van der Waals surface area contributed by atoms with E-state index in [4.69, 9.17) is 0 Å². The summed E-state index contributed by atoms with van der Waals surface area (Å²) in [6.07, 6.45) is 1.44. The number of nitrogens with one attached hydrogen (secondary N) is 1. The van der Waals surface area contributed by atoms with Crippen LogP contribution >= 0.6 is 11.3 Å². The molecule has 1 saturated heterocycles. The molecule has 1 aliphatic rings. The van der Waals surface area contributed by atoms with E-state index < -0.39 is 12.0 Å². The molecule has 1 aromatic carbocycles. The molecule has 7 heteroatoms. The first-order valence-corrected chi connectivity index (χ1v) is 8.82. The third kappa shape index (κ3) is 3.71. The van der Waals surface area contributed by atoms with Gasteiger partial charge in [-0.3, -0.25) is 9.59 Å². The van der Waals surface area contributed by atoms with E-state index in [0.717, 1.165) is 6.42 Å². The first kappa shape index (κ1) is 17.2. The highest BCUT2D eigenvalue weighted by Crippen LogP contribution is 2.23. The van der Waals surface area contributed by atoms with Crippen molar-refractivity contribution >= 4 is 34.8 Å². The molecule has 0 spiro atoms. The van der Waals surface area contributed by atoms with Gasteiger partial charge in [0.1, 0.15) is 6.04 Å². The summed E-state index contributed by atoms with van der Waals surface area (Å²) < 4.78 is 4.64. The second-order valence-electron chi connectivity index (χ2n) is 5.69. The van der Waals surface area contributed by atoms with Crippen molar-refractivity contribution < 1.29 is 19.1 Å². The second-order valence-corrected chi connectivity index (χ2v) is 6.64. The molecule has 1 atom stereocenters. The van der Waals surface area contributed by atoms with E-state index in [0.29, 0.717) is 29.1 Å². The van der Waals surface area contributed by atoms with Crippen LogP contribution in [0.25, 0.3) is 0 Å². The molecule has 0 radical (unpaired) electrons. The average molecular weight is 358 g/mol. The van der Waals surface area contributed by atoms with E-state index >= 15 is 0 Å². The van der Waals surface area contributed by atoms with Gasteiger partial charge >= 0.3 is 5.97 Å². The van der Waals surface area contributed by atoms with Crippen LogP contribution in [-0.4, -0.2) is 42.4 Å². The summed E-state index contributed by atoms with van der Waals surface area (Å²) in [5.41, 5.74) is 0.990. The lowest BCUT2D eigenvalue weighted by Crippen LogP contribution is -2.42. The second kappa shape index (κ2) is 7.48. The number of amides is 2. The Morgan fingerprint density at radius 3 is 2.60 bits per heavy atom. The number of methoxy groups -OCH3 is 1. The summed E-state index contributed by atoms with van der Waals surface area (Å²) in [6, 6.07) is 9.58. The van der Waals surface area contributed by atoms with E-state index in [1.807, 2.05) is 11.4 Å². The van der Waals surface area contributed by atoms with Crippen LogP contribution in [0.4, 0.5) is 5.69 Å². The predicted octanol–water partition coefficient (Wildman–Crippen LogP) is 2.78. The topological polar surface area (TPSA) is 75.7 Å². The molecular weight excluding hydrogens is 340 g/mol. The molecule has 0 saturated carbocycles. The maximum absolute atomic E-state index is 12.6. The van der Waals surface area contributed by atoms with Crippen LogP contribution in [0.1, 0.15) is 32.9 Å². The molecule has 2 amide bonds. The summed E-state index contributed by atoms with van der Waals surface area (Å²) in [5, 5.41) is 4.67. The van der Waals surface area contributed by atoms with Gasteiger partial charge in [0.25, 0.3) is 5.91 Å². The average Bonchev–Trinajstić information content (AvgIpc) is 3.32. The number of rotatable bonds is 4. The van der Waals surface area contributed by atoms with Crippen molar-refractivity contribution in [2.24, 2.45) is 0 Å². The number of carbonyl (C=O) groups excluding carboxylic acids is 3. The molecule has 2 heterocycles. The Bertz CT molecular complexity index is 771. The van der Waals surface area contributed by atoms with E-state index in [1.165, 1.54) is 18.4 Å². The zero-order valence-electron chi connectivity index (χ0n) is 13.7. The molecule has 0 aliphatic carbocycles. The summed E-state index contributed by atoms with van der Waals surface area (Å²) in [6.45, 7) is 0.579. The molecule has 130 valence electrons. The lowest BCUT2D eigenvalue weighted by molar-refractivity contribution is -0.119. The molecule has 1 unspecified atom stereocenters. The zero-order chi connectivity index (χ0) is 17.8. The standard InChI is InChI=1S/C18H18N2O4S/c1-24-18(23)12-6-8-13(9-7-12)19-16(21)14-4-2-10-20(14)17(22)15-5-3-11-25-15/h3,5-9,11,14H,2,4,10H2,1H3,(H,19,21). The minimum absolute atomic E-state index is 0.103. The lowest BCUT2D eigenvalue weighted by Gasteiger charge is -2.23. The van der Waals surface area contributed by atoms with Crippen molar-refractivity contribution in [2.75, 3.05) is 19.0 Å². The van der Waals surface area contributed by atoms with Gasteiger partial charge in [0.15, 0.2) is 0 Å². The number of benzene rings is 1. The largest absolute Gasteiger partial charge is 0.465 e. The van der Waals surface area contributed by atoms with Gasteiger partial charge in [-0.25, -0.2) is 4.79 Å². The maximum atomic E-state index is 12.6. The highest BCUT2D eigenvalue weighted by Gasteiger charge is 2.34. The molecular formula is C18H18N2O4S. The Morgan fingerprint density at radius 1 is 1.20 bits per heavy atom. The minimum Gasteiger partial charge on any atom is -0.465 e. The number of likely N-dealkylation sites (tertiary alicyclic amines) is 1. The van der Waals surface area contributed by atoms with Gasteiger partial charge < -0.3 is 15.0 Å². The van der Waals surface area contributed by atoms with Crippen molar-refractivity contribution in [1.82, 2.24) is 4.90 Å². The number of thiophene rings is 1. The quantitative estimate of drug-likeness (QED) is 0.853. The summed E-state index contributed by atoms with van der Waals surface area (Å²) in [4.78, 5) is 38.8. The van der Waals surface area contributed by atoms with Crippen LogP contribution in [0.15, 0.2) is 41.8 Å². The fourth-order valence-corrected chi connectivity index (χ4v) is 3.54. The monoisotopic (exact) mass is 358 g/mol. The van der Waals surface area contributed by atoms with E-state index in [1.54, 1.807) is 35.2 Å². The van der Waals surface area contributed by atoms with E-state index in [2.05, 4.69) is 10.1 Å². The minimum atomic E-state index is -0.477. The molecule has 0 bridgehead atoms. The Labute approximate surface area is 149 Å². The van der Waals surface area contributed by atoms with Crippen LogP contribution in [-0.2, 0) is 9.53 Å². The Kier molecular flexibility index (Phi) is 5.14. The van der Waals surface area contributed by atoms with Crippen LogP contribution in [0.5, 0.6) is 0 Å². The number of ether oxygens (including phenoxy) is 1. The number of nitrogens with zero attached hydrogens (tertiary/aromatic N) is 1. The first-order valence-electron chi connectivity index (χ1n) is 7.94. The molecule has 2 aromatic rings. The SMILES string of the molecule is COC(=O)c1ccc(NC(=O)C2CCCN2C(=O)c2cccs2)cc1. The summed E-state index contributed by atoms with van der Waals surface area (Å²) in [5.74, 6) is -0.747. The maximum Gasteiger partial charge on any atom is 0.337 e. The number of hydrogen-bond donors (Lipinski definition) is 1. The highest BCUT2D eigenvalue weighted by atomic mass is 32.1. The Balaban J connectivity index is 1.67. The molecule has 25 heavy (non-hydrogen) atoms. The number of carbonyl (C=O) groups is 3. The number of anilines is 1. The van der Waals surface area contributed by atoms with Gasteiger partial charge in [-0.15, -0.1) is 11.3 Å². The van der Waals surface area contributed by atoms with Gasteiger partial charge in [-0.2, -0.15) is 0 Å². The molecule has 1 aromatic heterocycles. The van der Waals surface area contributed by atoms with E-state index in [9.17, 15) is 14.4 Å². The van der Waals surface area contributed by atoms with Crippen LogP contribution in [0.3, 0.4) is 0 Å². The van der Waals surface area contributed by atoms with Crippen LogP contribution < -0.4 is 5.32 Å². The zero-order valence-corrected chi connectivity index (χ0v) is 14.5. The Morgan fingerprint density at radius 2 is 1.96 bits per heavy atom. The van der Waals surface area contributed by atoms with Gasteiger partial charge in [0, 0.05) is 12.2 Å². The van der Waals surface area contributed by atoms with Gasteiger partial charge in [0.2, 0.25) is 5.91 Å². The Hall–Kier alpha value is -2.67. The van der Waals surface area contributed by atoms with E-state index in [-0.39, 0.29) is 11.8 Å². The third-order valence-corrected chi connectivity index (χ3v) is 4.98.